The van der Waals surface area contributed by atoms with Gasteiger partial charge in [-0.05, 0) is 62.6 Å². The van der Waals surface area contributed by atoms with Crippen LogP contribution in [0.4, 0.5) is 10.1 Å². The van der Waals surface area contributed by atoms with Gasteiger partial charge in [0.05, 0.1) is 17.1 Å². The largest absolute Gasteiger partial charge is 0.481 e. The first kappa shape index (κ1) is 16.2. The van der Waals surface area contributed by atoms with Gasteiger partial charge in [0.2, 0.25) is 0 Å². The number of nitrogens with zero attached hydrogens (tertiary/aromatic N) is 2. The fraction of sp³-hybridized carbons (Fsp3) is 0.450. The fourth-order valence-electron chi connectivity index (χ4n) is 4.04. The van der Waals surface area contributed by atoms with Crippen LogP contribution in [0.3, 0.4) is 0 Å². The van der Waals surface area contributed by atoms with Gasteiger partial charge >= 0.3 is 5.97 Å². The van der Waals surface area contributed by atoms with E-state index in [1.165, 1.54) is 12.1 Å². The Balaban J connectivity index is 1.93. The minimum absolute atomic E-state index is 0.310. The van der Waals surface area contributed by atoms with Crippen molar-refractivity contribution in [1.82, 2.24) is 4.98 Å². The summed E-state index contributed by atoms with van der Waals surface area (Å²) in [5, 5.41) is 10.4. The molecular weight excluding hydrogens is 319 g/mol. The van der Waals surface area contributed by atoms with Crippen molar-refractivity contribution in [3.8, 4) is 0 Å². The highest BCUT2D eigenvalue weighted by molar-refractivity contribution is 6.05. The van der Waals surface area contributed by atoms with Crippen molar-refractivity contribution in [2.75, 3.05) is 0 Å². The van der Waals surface area contributed by atoms with E-state index in [4.69, 9.17) is 4.99 Å². The summed E-state index contributed by atoms with van der Waals surface area (Å²) in [5.41, 5.74) is 4.30. The number of aryl methyl sites for hydroxylation is 1. The number of fused-ring (bicyclic) bond motifs is 2. The molecule has 1 unspecified atom stereocenters. The van der Waals surface area contributed by atoms with Crippen LogP contribution in [0.5, 0.6) is 0 Å². The van der Waals surface area contributed by atoms with Gasteiger partial charge < -0.3 is 5.11 Å². The summed E-state index contributed by atoms with van der Waals surface area (Å²) in [5.74, 6) is -1.61. The highest BCUT2D eigenvalue weighted by Gasteiger charge is 2.28. The van der Waals surface area contributed by atoms with Crippen molar-refractivity contribution < 1.29 is 14.3 Å². The summed E-state index contributed by atoms with van der Waals surface area (Å²) in [6.07, 6.45) is 7.21. The maximum absolute atomic E-state index is 13.7. The molecule has 0 amide bonds. The Morgan fingerprint density at radius 2 is 1.96 bits per heavy atom. The molecule has 1 heterocycles. The van der Waals surface area contributed by atoms with Crippen molar-refractivity contribution in [3.63, 3.8) is 0 Å². The molecule has 0 radical (unpaired) electrons. The van der Waals surface area contributed by atoms with E-state index >= 15 is 0 Å². The van der Waals surface area contributed by atoms with Crippen molar-refractivity contribution in [2.45, 2.75) is 51.4 Å². The average Bonchev–Trinajstić information content (AvgIpc) is 2.61. The molecule has 25 heavy (non-hydrogen) atoms. The minimum atomic E-state index is -0.795. The summed E-state index contributed by atoms with van der Waals surface area (Å²) in [6.45, 7) is 0. The molecule has 0 bridgehead atoms. The number of halogens is 1. The summed E-state index contributed by atoms with van der Waals surface area (Å²) >= 11 is 0. The molecule has 2 aliphatic carbocycles. The third-order valence-electron chi connectivity index (χ3n) is 5.33. The molecule has 1 aromatic carbocycles. The van der Waals surface area contributed by atoms with Crippen LogP contribution in [0.25, 0.3) is 10.9 Å². The predicted octanol–water partition coefficient (Wildman–Crippen LogP) is 4.60. The van der Waals surface area contributed by atoms with Gasteiger partial charge in [0, 0.05) is 22.9 Å². The predicted molar refractivity (Wildman–Crippen MR) is 95.0 cm³/mol. The molecule has 1 aromatic heterocycles. The molecule has 4 nitrogen and oxygen atoms in total. The molecule has 2 aliphatic rings. The third kappa shape index (κ3) is 3.03. The van der Waals surface area contributed by atoms with E-state index in [0.29, 0.717) is 11.9 Å². The number of pyridine rings is 1. The van der Waals surface area contributed by atoms with Crippen LogP contribution < -0.4 is 0 Å². The molecule has 4 rings (SSSR count). The molecule has 0 spiro atoms. The third-order valence-corrected chi connectivity index (χ3v) is 5.33. The molecule has 1 fully saturated rings. The van der Waals surface area contributed by atoms with Gasteiger partial charge in [0.15, 0.2) is 0 Å². The quantitative estimate of drug-likeness (QED) is 0.869. The second-order valence-corrected chi connectivity index (χ2v) is 6.99. The van der Waals surface area contributed by atoms with E-state index in [1.54, 1.807) is 6.07 Å². The van der Waals surface area contributed by atoms with Gasteiger partial charge in [-0.25, -0.2) is 4.39 Å². The second-order valence-electron chi connectivity index (χ2n) is 6.99. The standard InChI is InChI=1S/C20H21FN2O2/c21-12-9-10-14-18(11-12)22-16-7-3-1-5-13(16)19(14)23-17-8-4-2-6-15(17)20(24)25/h9-11,15H,1-8H2,(H,24,25). The van der Waals surface area contributed by atoms with Gasteiger partial charge in [-0.3, -0.25) is 14.8 Å². The summed E-state index contributed by atoms with van der Waals surface area (Å²) in [7, 11) is 0. The van der Waals surface area contributed by atoms with E-state index in [2.05, 4.69) is 4.98 Å². The highest BCUT2D eigenvalue weighted by Crippen LogP contribution is 2.37. The van der Waals surface area contributed by atoms with E-state index in [-0.39, 0.29) is 5.82 Å². The molecular formula is C20H21FN2O2. The Kier molecular flexibility index (Phi) is 4.24. The lowest BCUT2D eigenvalue weighted by atomic mass is 9.86. The molecule has 0 aliphatic heterocycles. The fourth-order valence-corrected chi connectivity index (χ4v) is 4.04. The zero-order valence-electron chi connectivity index (χ0n) is 14.1. The van der Waals surface area contributed by atoms with Crippen LogP contribution in [-0.2, 0) is 17.6 Å². The SMILES string of the molecule is O=C(O)C1CCCCC1=Nc1c2c(nc3cc(F)ccc13)CCCC2. The normalized spacial score (nSPS) is 22.1. The number of carboxylic acids is 1. The number of hydrogen-bond acceptors (Lipinski definition) is 3. The van der Waals surface area contributed by atoms with Crippen LogP contribution in [0.2, 0.25) is 0 Å². The Hall–Kier alpha value is -2.30. The Bertz CT molecular complexity index is 876. The van der Waals surface area contributed by atoms with Crippen molar-refractivity contribution in [3.05, 3.63) is 35.3 Å². The van der Waals surface area contributed by atoms with Crippen LogP contribution >= 0.6 is 0 Å². The first-order valence-corrected chi connectivity index (χ1v) is 9.05. The average molecular weight is 340 g/mol. The van der Waals surface area contributed by atoms with Gasteiger partial charge in [-0.15, -0.1) is 0 Å². The number of rotatable bonds is 2. The Morgan fingerprint density at radius 1 is 1.16 bits per heavy atom. The minimum Gasteiger partial charge on any atom is -0.481 e. The first-order chi connectivity index (χ1) is 12.1. The van der Waals surface area contributed by atoms with E-state index in [9.17, 15) is 14.3 Å². The topological polar surface area (TPSA) is 62.5 Å². The molecule has 2 aromatic rings. The van der Waals surface area contributed by atoms with Crippen LogP contribution in [0.15, 0.2) is 23.2 Å². The number of benzene rings is 1. The van der Waals surface area contributed by atoms with Crippen LogP contribution in [0.1, 0.15) is 49.8 Å². The first-order valence-electron chi connectivity index (χ1n) is 9.05. The van der Waals surface area contributed by atoms with Crippen molar-refractivity contribution >= 4 is 28.3 Å². The molecule has 5 heteroatoms. The number of aliphatic carboxylic acids is 1. The monoisotopic (exact) mass is 340 g/mol. The van der Waals surface area contributed by atoms with Crippen molar-refractivity contribution in [1.29, 1.82) is 0 Å². The van der Waals surface area contributed by atoms with E-state index in [1.807, 2.05) is 0 Å². The van der Waals surface area contributed by atoms with E-state index < -0.39 is 11.9 Å². The zero-order valence-corrected chi connectivity index (χ0v) is 14.1. The van der Waals surface area contributed by atoms with Gasteiger partial charge in [0.1, 0.15) is 5.82 Å². The smallest absolute Gasteiger partial charge is 0.312 e. The number of hydrogen-bond donors (Lipinski definition) is 1. The molecule has 0 saturated heterocycles. The van der Waals surface area contributed by atoms with Crippen molar-refractivity contribution in [2.24, 2.45) is 10.9 Å². The number of carboxylic acid groups (broad SMARTS) is 1. The zero-order chi connectivity index (χ0) is 17.4. The van der Waals surface area contributed by atoms with Gasteiger partial charge in [-0.2, -0.15) is 0 Å². The Labute approximate surface area is 145 Å². The maximum atomic E-state index is 13.7. The van der Waals surface area contributed by atoms with Crippen LogP contribution in [-0.4, -0.2) is 21.8 Å². The van der Waals surface area contributed by atoms with E-state index in [0.717, 1.165) is 73.0 Å². The highest BCUT2D eigenvalue weighted by atomic mass is 19.1. The molecule has 1 atom stereocenters. The second kappa shape index (κ2) is 6.54. The summed E-state index contributed by atoms with van der Waals surface area (Å²) in [6, 6.07) is 4.60. The number of aliphatic imine (C=N–C) groups is 1. The van der Waals surface area contributed by atoms with Gasteiger partial charge in [0.25, 0.3) is 0 Å². The lowest BCUT2D eigenvalue weighted by Crippen LogP contribution is -2.27. The Morgan fingerprint density at radius 3 is 2.80 bits per heavy atom. The molecule has 1 saturated carbocycles. The summed E-state index contributed by atoms with van der Waals surface area (Å²) < 4.78 is 13.7. The number of carbonyl (C=O) groups is 1. The molecule has 130 valence electrons. The lowest BCUT2D eigenvalue weighted by molar-refractivity contribution is -0.139. The van der Waals surface area contributed by atoms with Gasteiger partial charge in [-0.1, -0.05) is 6.42 Å². The number of aromatic nitrogens is 1. The molecule has 1 N–H and O–H groups in total. The maximum Gasteiger partial charge on any atom is 0.312 e. The lowest BCUT2D eigenvalue weighted by Gasteiger charge is -2.23. The summed E-state index contributed by atoms with van der Waals surface area (Å²) in [4.78, 5) is 21.1. The van der Waals surface area contributed by atoms with Crippen LogP contribution in [0, 0.1) is 11.7 Å².